The van der Waals surface area contributed by atoms with Gasteiger partial charge in [0.1, 0.15) is 0 Å². The Morgan fingerprint density at radius 3 is 2.71 bits per heavy atom. The minimum absolute atomic E-state index is 0.583. The predicted molar refractivity (Wildman–Crippen MR) is 92.5 cm³/mol. The largest absolute Gasteiger partial charge is 0.314 e. The monoisotopic (exact) mass is 350 g/mol. The molecule has 2 nitrogen and oxygen atoms in total. The van der Waals surface area contributed by atoms with E-state index < -0.39 is 0 Å². The zero-order chi connectivity index (χ0) is 14.7. The molecule has 3 rings (SSSR count). The summed E-state index contributed by atoms with van der Waals surface area (Å²) in [6, 6.07) is 10.2. The van der Waals surface area contributed by atoms with Crippen LogP contribution < -0.4 is 5.32 Å². The zero-order valence-corrected chi connectivity index (χ0v) is 14.6. The molecule has 0 bridgehead atoms. The number of benzene rings is 1. The van der Waals surface area contributed by atoms with E-state index in [1.807, 2.05) is 0 Å². The highest BCUT2D eigenvalue weighted by Gasteiger charge is 2.30. The van der Waals surface area contributed by atoms with E-state index >= 15 is 0 Å². The van der Waals surface area contributed by atoms with Crippen molar-refractivity contribution in [3.8, 4) is 0 Å². The Morgan fingerprint density at radius 2 is 2.10 bits per heavy atom. The Hall–Kier alpha value is -0.380. The highest BCUT2D eigenvalue weighted by atomic mass is 79.9. The van der Waals surface area contributed by atoms with Crippen LogP contribution in [-0.4, -0.2) is 30.6 Å². The minimum Gasteiger partial charge on any atom is -0.314 e. The summed E-state index contributed by atoms with van der Waals surface area (Å²) in [4.78, 5) is 2.70. The lowest BCUT2D eigenvalue weighted by molar-refractivity contribution is 0.116. The first-order chi connectivity index (χ1) is 10.3. The molecule has 1 N–H and O–H groups in total. The molecule has 2 heterocycles. The van der Waals surface area contributed by atoms with Crippen molar-refractivity contribution in [2.24, 2.45) is 5.92 Å². The molecule has 1 aromatic carbocycles. The topological polar surface area (TPSA) is 15.3 Å². The van der Waals surface area contributed by atoms with Gasteiger partial charge in [0.2, 0.25) is 0 Å². The molecule has 3 heteroatoms. The van der Waals surface area contributed by atoms with Crippen LogP contribution in [-0.2, 0) is 0 Å². The molecular weight excluding hydrogens is 324 g/mol. The first-order valence-electron chi connectivity index (χ1n) is 8.51. The maximum Gasteiger partial charge on any atom is 0.0345 e. The lowest BCUT2D eigenvalue weighted by atomic mass is 9.87. The van der Waals surface area contributed by atoms with Crippen molar-refractivity contribution in [2.45, 2.75) is 51.1 Å². The van der Waals surface area contributed by atoms with Crippen LogP contribution >= 0.6 is 15.9 Å². The summed E-state index contributed by atoms with van der Waals surface area (Å²) in [7, 11) is 0. The zero-order valence-electron chi connectivity index (χ0n) is 13.0. The van der Waals surface area contributed by atoms with E-state index in [-0.39, 0.29) is 0 Å². The molecule has 21 heavy (non-hydrogen) atoms. The molecule has 0 spiro atoms. The lowest BCUT2D eigenvalue weighted by Gasteiger charge is -2.39. The molecule has 116 valence electrons. The van der Waals surface area contributed by atoms with Crippen molar-refractivity contribution < 1.29 is 0 Å². The van der Waals surface area contributed by atoms with Gasteiger partial charge in [0.15, 0.2) is 0 Å². The van der Waals surface area contributed by atoms with Crippen LogP contribution in [0.1, 0.15) is 50.6 Å². The molecule has 2 atom stereocenters. The fourth-order valence-electron chi connectivity index (χ4n) is 4.17. The Bertz CT molecular complexity index is 448. The first kappa shape index (κ1) is 15.5. The molecule has 2 aliphatic rings. The van der Waals surface area contributed by atoms with Gasteiger partial charge in [-0.2, -0.15) is 0 Å². The van der Waals surface area contributed by atoms with Crippen molar-refractivity contribution in [1.82, 2.24) is 10.2 Å². The number of nitrogens with one attached hydrogen (secondary N) is 1. The molecule has 2 saturated heterocycles. The molecule has 2 aliphatic heterocycles. The Balaban J connectivity index is 1.61. The second-order valence-electron chi connectivity index (χ2n) is 6.56. The summed E-state index contributed by atoms with van der Waals surface area (Å²) in [6.07, 6.45) is 6.70. The third-order valence-electron chi connectivity index (χ3n) is 5.30. The minimum atomic E-state index is 0.583. The second kappa shape index (κ2) is 7.26. The smallest absolute Gasteiger partial charge is 0.0345 e. The average Bonchev–Trinajstić information content (AvgIpc) is 3.03. The summed E-state index contributed by atoms with van der Waals surface area (Å²) < 4.78 is 1.20. The van der Waals surface area contributed by atoms with Crippen molar-refractivity contribution in [3.63, 3.8) is 0 Å². The van der Waals surface area contributed by atoms with Gasteiger partial charge in [-0.1, -0.05) is 35.0 Å². The van der Waals surface area contributed by atoms with Crippen molar-refractivity contribution in [1.29, 1.82) is 0 Å². The summed E-state index contributed by atoms with van der Waals surface area (Å²) in [6.45, 7) is 6.07. The number of hydrogen-bond donors (Lipinski definition) is 1. The van der Waals surface area contributed by atoms with E-state index in [1.54, 1.807) is 0 Å². The van der Waals surface area contributed by atoms with Crippen LogP contribution in [0.15, 0.2) is 28.7 Å². The van der Waals surface area contributed by atoms with E-state index in [2.05, 4.69) is 57.3 Å². The average molecular weight is 351 g/mol. The standard InChI is InChI=1S/C18H27BrN2/c1-2-18(15-5-3-6-16(19)13-15)21-11-8-14(9-12-21)17-7-4-10-20-17/h3,5-6,13-14,17-18,20H,2,4,7-12H2,1H3. The van der Waals surface area contributed by atoms with Crippen LogP contribution in [0.3, 0.4) is 0 Å². The van der Waals surface area contributed by atoms with Gasteiger partial charge in [-0.05, 0) is 75.4 Å². The van der Waals surface area contributed by atoms with Crippen LogP contribution in [0.25, 0.3) is 0 Å². The van der Waals surface area contributed by atoms with Crippen molar-refractivity contribution >= 4 is 15.9 Å². The van der Waals surface area contributed by atoms with E-state index in [9.17, 15) is 0 Å². The van der Waals surface area contributed by atoms with Crippen LogP contribution in [0.4, 0.5) is 0 Å². The van der Waals surface area contributed by atoms with Gasteiger partial charge in [0.05, 0.1) is 0 Å². The first-order valence-corrected chi connectivity index (χ1v) is 9.30. The number of piperidine rings is 1. The van der Waals surface area contributed by atoms with E-state index in [0.717, 1.165) is 12.0 Å². The summed E-state index contributed by atoms with van der Waals surface area (Å²) in [5.41, 5.74) is 1.46. The third kappa shape index (κ3) is 3.69. The maximum absolute atomic E-state index is 3.70. The maximum atomic E-state index is 3.70. The van der Waals surface area contributed by atoms with Crippen LogP contribution in [0.2, 0.25) is 0 Å². The van der Waals surface area contributed by atoms with Gasteiger partial charge in [-0.25, -0.2) is 0 Å². The molecule has 1 aromatic rings. The summed E-state index contributed by atoms with van der Waals surface area (Å²) >= 11 is 3.61. The summed E-state index contributed by atoms with van der Waals surface area (Å²) in [5, 5.41) is 3.70. The van der Waals surface area contributed by atoms with Gasteiger partial charge in [-0.15, -0.1) is 0 Å². The highest BCUT2D eigenvalue weighted by molar-refractivity contribution is 9.10. The number of halogens is 1. The Kier molecular flexibility index (Phi) is 5.36. The van der Waals surface area contributed by atoms with Gasteiger partial charge in [0, 0.05) is 16.6 Å². The van der Waals surface area contributed by atoms with Crippen LogP contribution in [0, 0.1) is 5.92 Å². The number of hydrogen-bond acceptors (Lipinski definition) is 2. The molecule has 0 aliphatic carbocycles. The highest BCUT2D eigenvalue weighted by Crippen LogP contribution is 2.32. The molecular formula is C18H27BrN2. The SMILES string of the molecule is CCC(c1cccc(Br)c1)N1CCC(C2CCCN2)CC1. The van der Waals surface area contributed by atoms with E-state index in [0.29, 0.717) is 6.04 Å². The van der Waals surface area contributed by atoms with Crippen molar-refractivity contribution in [2.75, 3.05) is 19.6 Å². The molecule has 2 unspecified atom stereocenters. The quantitative estimate of drug-likeness (QED) is 0.867. The van der Waals surface area contributed by atoms with E-state index in [4.69, 9.17) is 0 Å². The fraction of sp³-hybridized carbons (Fsp3) is 0.667. The number of rotatable bonds is 4. The Morgan fingerprint density at radius 1 is 1.29 bits per heavy atom. The molecule has 2 fully saturated rings. The number of nitrogens with zero attached hydrogens (tertiary/aromatic N) is 1. The lowest BCUT2D eigenvalue weighted by Crippen LogP contribution is -2.42. The van der Waals surface area contributed by atoms with E-state index in [1.165, 1.54) is 61.8 Å². The fourth-order valence-corrected chi connectivity index (χ4v) is 4.58. The van der Waals surface area contributed by atoms with Gasteiger partial charge < -0.3 is 5.32 Å². The predicted octanol–water partition coefficient (Wildman–Crippen LogP) is 4.36. The Labute approximate surface area is 137 Å². The summed E-state index contributed by atoms with van der Waals surface area (Å²) in [5.74, 6) is 0.906. The van der Waals surface area contributed by atoms with Gasteiger partial charge in [0.25, 0.3) is 0 Å². The second-order valence-corrected chi connectivity index (χ2v) is 7.47. The third-order valence-corrected chi connectivity index (χ3v) is 5.80. The van der Waals surface area contributed by atoms with Gasteiger partial charge in [-0.3, -0.25) is 4.90 Å². The molecule has 0 aromatic heterocycles. The van der Waals surface area contributed by atoms with Gasteiger partial charge >= 0.3 is 0 Å². The molecule has 0 radical (unpaired) electrons. The number of likely N-dealkylation sites (tertiary alicyclic amines) is 1. The van der Waals surface area contributed by atoms with Crippen molar-refractivity contribution in [3.05, 3.63) is 34.3 Å². The van der Waals surface area contributed by atoms with Crippen LogP contribution in [0.5, 0.6) is 0 Å². The molecule has 0 amide bonds. The molecule has 0 saturated carbocycles. The normalized spacial score (nSPS) is 26.1.